The molecule has 1 heterocycles. The van der Waals surface area contributed by atoms with Crippen LogP contribution in [0.5, 0.6) is 0 Å². The Bertz CT molecular complexity index is 346. The van der Waals surface area contributed by atoms with Gasteiger partial charge in [0, 0.05) is 26.2 Å². The Morgan fingerprint density at radius 3 is 2.84 bits per heavy atom. The van der Waals surface area contributed by atoms with Crippen molar-refractivity contribution in [1.29, 1.82) is 0 Å². The maximum Gasteiger partial charge on any atom is 0.279 e. The highest BCUT2D eigenvalue weighted by Gasteiger charge is 2.28. The first-order valence-electron chi connectivity index (χ1n) is 7.00. The number of hydrogen-bond acceptors (Lipinski definition) is 4. The summed E-state index contributed by atoms with van der Waals surface area (Å²) in [7, 11) is -1.47. The predicted octanol–water partition coefficient (Wildman–Crippen LogP) is 0.177. The number of nitrogens with one attached hydrogen (secondary N) is 2. The Hall–Kier alpha value is -0.210. The molecule has 0 aromatic heterocycles. The highest BCUT2D eigenvalue weighted by atomic mass is 32.2. The van der Waals surface area contributed by atoms with Crippen molar-refractivity contribution in [2.75, 3.05) is 39.8 Å². The highest BCUT2D eigenvalue weighted by Crippen LogP contribution is 2.17. The molecule has 0 aromatic carbocycles. The predicted molar refractivity (Wildman–Crippen MR) is 76.2 cm³/mol. The Morgan fingerprint density at radius 1 is 1.47 bits per heavy atom. The van der Waals surface area contributed by atoms with E-state index in [1.54, 1.807) is 4.31 Å². The first-order valence-corrected chi connectivity index (χ1v) is 8.44. The zero-order chi connectivity index (χ0) is 14.3. The Labute approximate surface area is 117 Å². The third-order valence-electron chi connectivity index (χ3n) is 3.32. The SMILES string of the molecule is CCOC(C)CNS(=O)(=O)N1CCCC(CNC)C1. The summed E-state index contributed by atoms with van der Waals surface area (Å²) in [4.78, 5) is 0. The molecule has 19 heavy (non-hydrogen) atoms. The fourth-order valence-electron chi connectivity index (χ4n) is 2.36. The fourth-order valence-corrected chi connectivity index (χ4v) is 3.76. The molecule has 1 fully saturated rings. The van der Waals surface area contributed by atoms with Crippen molar-refractivity contribution in [2.24, 2.45) is 5.92 Å². The highest BCUT2D eigenvalue weighted by molar-refractivity contribution is 7.87. The number of piperidine rings is 1. The van der Waals surface area contributed by atoms with E-state index in [9.17, 15) is 8.42 Å². The van der Waals surface area contributed by atoms with E-state index in [0.717, 1.165) is 19.4 Å². The molecule has 0 radical (unpaired) electrons. The normalized spacial score (nSPS) is 23.4. The molecule has 2 N–H and O–H groups in total. The molecular formula is C12H27N3O3S. The van der Waals surface area contributed by atoms with Crippen LogP contribution in [0.2, 0.25) is 0 Å². The number of nitrogens with zero attached hydrogens (tertiary/aromatic N) is 1. The lowest BCUT2D eigenvalue weighted by Crippen LogP contribution is -2.48. The molecule has 0 saturated carbocycles. The Morgan fingerprint density at radius 2 is 2.21 bits per heavy atom. The Kier molecular flexibility index (Phi) is 7.23. The van der Waals surface area contributed by atoms with Gasteiger partial charge in [-0.3, -0.25) is 0 Å². The molecule has 1 aliphatic rings. The fraction of sp³-hybridized carbons (Fsp3) is 1.00. The van der Waals surface area contributed by atoms with E-state index < -0.39 is 10.2 Å². The second-order valence-corrected chi connectivity index (χ2v) is 6.80. The van der Waals surface area contributed by atoms with E-state index in [-0.39, 0.29) is 6.10 Å². The first-order chi connectivity index (χ1) is 8.99. The molecule has 2 unspecified atom stereocenters. The summed E-state index contributed by atoms with van der Waals surface area (Å²) in [5.74, 6) is 0.402. The molecule has 1 rings (SSSR count). The minimum Gasteiger partial charge on any atom is -0.377 e. The van der Waals surface area contributed by atoms with Gasteiger partial charge in [0.2, 0.25) is 0 Å². The van der Waals surface area contributed by atoms with Crippen LogP contribution in [-0.2, 0) is 14.9 Å². The summed E-state index contributed by atoms with van der Waals surface area (Å²) >= 11 is 0. The van der Waals surface area contributed by atoms with Gasteiger partial charge in [-0.25, -0.2) is 0 Å². The largest absolute Gasteiger partial charge is 0.377 e. The quantitative estimate of drug-likeness (QED) is 0.670. The lowest BCUT2D eigenvalue weighted by atomic mass is 10.00. The van der Waals surface area contributed by atoms with E-state index in [4.69, 9.17) is 4.74 Å². The molecule has 0 aromatic rings. The average molecular weight is 293 g/mol. The van der Waals surface area contributed by atoms with Crippen LogP contribution in [-0.4, -0.2) is 58.7 Å². The van der Waals surface area contributed by atoms with Gasteiger partial charge >= 0.3 is 0 Å². The summed E-state index contributed by atoms with van der Waals surface area (Å²) in [5.41, 5.74) is 0. The molecular weight excluding hydrogens is 266 g/mol. The Balaban J connectivity index is 2.47. The van der Waals surface area contributed by atoms with Crippen molar-refractivity contribution in [3.8, 4) is 0 Å². The second kappa shape index (κ2) is 8.16. The average Bonchev–Trinajstić information content (AvgIpc) is 2.38. The summed E-state index contributed by atoms with van der Waals surface area (Å²) in [6.07, 6.45) is 1.91. The van der Waals surface area contributed by atoms with Gasteiger partial charge in [0.25, 0.3) is 10.2 Å². The third-order valence-corrected chi connectivity index (χ3v) is 4.86. The lowest BCUT2D eigenvalue weighted by Gasteiger charge is -2.32. The zero-order valence-corrected chi connectivity index (χ0v) is 13.0. The third kappa shape index (κ3) is 5.74. The first kappa shape index (κ1) is 16.8. The topological polar surface area (TPSA) is 70.7 Å². The van der Waals surface area contributed by atoms with Crippen LogP contribution in [0.3, 0.4) is 0 Å². The van der Waals surface area contributed by atoms with Gasteiger partial charge in [-0.15, -0.1) is 0 Å². The number of hydrogen-bond donors (Lipinski definition) is 2. The molecule has 2 atom stereocenters. The van der Waals surface area contributed by atoms with E-state index >= 15 is 0 Å². The van der Waals surface area contributed by atoms with Crippen molar-refractivity contribution in [1.82, 2.24) is 14.3 Å². The maximum absolute atomic E-state index is 12.2. The van der Waals surface area contributed by atoms with Gasteiger partial charge in [-0.05, 0) is 46.2 Å². The minimum absolute atomic E-state index is 0.0994. The van der Waals surface area contributed by atoms with Crippen LogP contribution in [0.1, 0.15) is 26.7 Å². The molecule has 0 bridgehead atoms. The van der Waals surface area contributed by atoms with Gasteiger partial charge < -0.3 is 10.1 Å². The molecule has 7 heteroatoms. The van der Waals surface area contributed by atoms with Gasteiger partial charge in [0.1, 0.15) is 0 Å². The maximum atomic E-state index is 12.2. The van der Waals surface area contributed by atoms with Crippen LogP contribution in [0, 0.1) is 5.92 Å². The van der Waals surface area contributed by atoms with Crippen LogP contribution < -0.4 is 10.0 Å². The van der Waals surface area contributed by atoms with Gasteiger partial charge in [-0.2, -0.15) is 17.4 Å². The standard InChI is InChI=1S/C12H27N3O3S/c1-4-18-11(2)8-14-19(16,17)15-7-5-6-12(10-15)9-13-3/h11-14H,4-10H2,1-3H3. The van der Waals surface area contributed by atoms with E-state index in [1.165, 1.54) is 0 Å². The molecule has 114 valence electrons. The smallest absolute Gasteiger partial charge is 0.279 e. The lowest BCUT2D eigenvalue weighted by molar-refractivity contribution is 0.0795. The number of ether oxygens (including phenoxy) is 1. The van der Waals surface area contributed by atoms with Gasteiger partial charge in [0.15, 0.2) is 0 Å². The molecule has 6 nitrogen and oxygen atoms in total. The number of rotatable bonds is 8. The molecule has 0 aliphatic carbocycles. The minimum atomic E-state index is -3.37. The van der Waals surface area contributed by atoms with Crippen molar-refractivity contribution >= 4 is 10.2 Å². The van der Waals surface area contributed by atoms with Crippen LogP contribution in [0.15, 0.2) is 0 Å². The van der Waals surface area contributed by atoms with E-state index in [1.807, 2.05) is 20.9 Å². The van der Waals surface area contributed by atoms with Crippen LogP contribution in [0.25, 0.3) is 0 Å². The molecule has 1 saturated heterocycles. The van der Waals surface area contributed by atoms with E-state index in [2.05, 4.69) is 10.0 Å². The van der Waals surface area contributed by atoms with E-state index in [0.29, 0.717) is 32.2 Å². The monoisotopic (exact) mass is 293 g/mol. The van der Waals surface area contributed by atoms with Crippen LogP contribution in [0.4, 0.5) is 0 Å². The molecule has 0 spiro atoms. The van der Waals surface area contributed by atoms with Crippen LogP contribution >= 0.6 is 0 Å². The van der Waals surface area contributed by atoms with Gasteiger partial charge in [-0.1, -0.05) is 0 Å². The van der Waals surface area contributed by atoms with Crippen molar-refractivity contribution in [3.63, 3.8) is 0 Å². The summed E-state index contributed by atoms with van der Waals surface area (Å²) in [6, 6.07) is 0. The summed E-state index contributed by atoms with van der Waals surface area (Å²) < 4.78 is 33.9. The summed E-state index contributed by atoms with van der Waals surface area (Å²) in [6.45, 7) is 6.75. The van der Waals surface area contributed by atoms with Crippen molar-refractivity contribution in [2.45, 2.75) is 32.8 Å². The van der Waals surface area contributed by atoms with Crippen molar-refractivity contribution < 1.29 is 13.2 Å². The molecule has 0 amide bonds. The summed E-state index contributed by atoms with van der Waals surface area (Å²) in [5, 5.41) is 3.11. The second-order valence-electron chi connectivity index (χ2n) is 5.04. The van der Waals surface area contributed by atoms with Crippen molar-refractivity contribution in [3.05, 3.63) is 0 Å². The van der Waals surface area contributed by atoms with Gasteiger partial charge in [0.05, 0.1) is 6.10 Å². The molecule has 1 aliphatic heterocycles. The zero-order valence-electron chi connectivity index (χ0n) is 12.2.